The van der Waals surface area contributed by atoms with Gasteiger partial charge in [0.2, 0.25) is 11.4 Å². The standard InChI is InChI=1S/C17H27NO7/c1-6-23-14(20)12-11(9-10(4)5)17(18-13(12)19,15(21)24-7-2)16(22)25-8-3/h10-12H,6-9H2,1-5H3,(H,18,19). The lowest BCUT2D eigenvalue weighted by Crippen LogP contribution is -2.61. The van der Waals surface area contributed by atoms with Crippen molar-refractivity contribution in [2.24, 2.45) is 17.8 Å². The number of amides is 1. The van der Waals surface area contributed by atoms with Gasteiger partial charge >= 0.3 is 17.9 Å². The molecule has 8 nitrogen and oxygen atoms in total. The van der Waals surface area contributed by atoms with E-state index in [-0.39, 0.29) is 32.2 Å². The van der Waals surface area contributed by atoms with Crippen LogP contribution < -0.4 is 5.32 Å². The van der Waals surface area contributed by atoms with E-state index in [0.717, 1.165) is 0 Å². The number of ether oxygens (including phenoxy) is 3. The van der Waals surface area contributed by atoms with Crippen LogP contribution >= 0.6 is 0 Å². The Morgan fingerprint density at radius 3 is 1.88 bits per heavy atom. The summed E-state index contributed by atoms with van der Waals surface area (Å²) in [6, 6.07) is 0. The molecule has 142 valence electrons. The minimum absolute atomic E-state index is 0.0119. The van der Waals surface area contributed by atoms with E-state index in [0.29, 0.717) is 0 Å². The van der Waals surface area contributed by atoms with Gasteiger partial charge in [0, 0.05) is 5.92 Å². The van der Waals surface area contributed by atoms with Crippen LogP contribution in [0.4, 0.5) is 0 Å². The van der Waals surface area contributed by atoms with Gasteiger partial charge in [0.05, 0.1) is 19.8 Å². The highest BCUT2D eigenvalue weighted by atomic mass is 16.6. The molecule has 1 aliphatic rings. The molecule has 0 radical (unpaired) electrons. The molecular formula is C17H27NO7. The van der Waals surface area contributed by atoms with Crippen LogP contribution in [0.3, 0.4) is 0 Å². The van der Waals surface area contributed by atoms with Crippen molar-refractivity contribution in [3.8, 4) is 0 Å². The van der Waals surface area contributed by atoms with Gasteiger partial charge in [-0.05, 0) is 33.1 Å². The van der Waals surface area contributed by atoms with Crippen molar-refractivity contribution in [2.45, 2.75) is 46.6 Å². The van der Waals surface area contributed by atoms with E-state index in [4.69, 9.17) is 14.2 Å². The first kappa shape index (κ1) is 20.9. The monoisotopic (exact) mass is 357 g/mol. The molecule has 0 aliphatic carbocycles. The Hall–Kier alpha value is -2.12. The fourth-order valence-corrected chi connectivity index (χ4v) is 3.10. The summed E-state index contributed by atoms with van der Waals surface area (Å²) in [6.45, 7) is 8.66. The summed E-state index contributed by atoms with van der Waals surface area (Å²) in [5, 5.41) is 2.39. The first-order valence-electron chi connectivity index (χ1n) is 8.59. The molecule has 1 heterocycles. The predicted molar refractivity (Wildman–Crippen MR) is 87.2 cm³/mol. The topological polar surface area (TPSA) is 108 Å². The number of carbonyl (C=O) groups is 4. The number of rotatable bonds is 8. The van der Waals surface area contributed by atoms with Crippen LogP contribution in [0.15, 0.2) is 0 Å². The molecule has 0 saturated carbocycles. The maximum absolute atomic E-state index is 12.7. The van der Waals surface area contributed by atoms with Gasteiger partial charge in [-0.1, -0.05) is 13.8 Å². The molecule has 8 heteroatoms. The molecule has 2 atom stereocenters. The van der Waals surface area contributed by atoms with Crippen LogP contribution in [0.1, 0.15) is 41.0 Å². The van der Waals surface area contributed by atoms with E-state index in [1.54, 1.807) is 20.8 Å². The first-order chi connectivity index (χ1) is 11.8. The zero-order chi connectivity index (χ0) is 19.2. The second-order valence-corrected chi connectivity index (χ2v) is 6.20. The molecule has 2 unspecified atom stereocenters. The van der Waals surface area contributed by atoms with Crippen LogP contribution in [0.2, 0.25) is 0 Å². The molecule has 1 N–H and O–H groups in total. The van der Waals surface area contributed by atoms with Gasteiger partial charge in [-0.3, -0.25) is 9.59 Å². The van der Waals surface area contributed by atoms with E-state index in [9.17, 15) is 19.2 Å². The lowest BCUT2D eigenvalue weighted by Gasteiger charge is -2.32. The average molecular weight is 357 g/mol. The summed E-state index contributed by atoms with van der Waals surface area (Å²) in [7, 11) is 0. The van der Waals surface area contributed by atoms with E-state index in [1.807, 2.05) is 13.8 Å². The summed E-state index contributed by atoms with van der Waals surface area (Å²) in [6.07, 6.45) is 0.264. The van der Waals surface area contributed by atoms with E-state index >= 15 is 0 Å². The van der Waals surface area contributed by atoms with Crippen molar-refractivity contribution in [3.05, 3.63) is 0 Å². The van der Waals surface area contributed by atoms with Crippen molar-refractivity contribution >= 4 is 23.8 Å². The Kier molecular flexibility index (Phi) is 7.38. The third-order valence-electron chi connectivity index (χ3n) is 4.02. The SMILES string of the molecule is CCOC(=O)C1C(=O)NC(C(=O)OCC)(C(=O)OCC)C1CC(C)C. The Morgan fingerprint density at radius 1 is 1.00 bits per heavy atom. The molecule has 1 fully saturated rings. The number of esters is 3. The molecule has 0 aromatic heterocycles. The molecule has 1 saturated heterocycles. The second kappa shape index (κ2) is 8.82. The maximum atomic E-state index is 12.7. The van der Waals surface area contributed by atoms with Gasteiger partial charge in [-0.25, -0.2) is 9.59 Å². The summed E-state index contributed by atoms with van der Waals surface area (Å²) in [5.41, 5.74) is -2.04. The third-order valence-corrected chi connectivity index (χ3v) is 4.02. The number of hydrogen-bond acceptors (Lipinski definition) is 7. The van der Waals surface area contributed by atoms with Crippen molar-refractivity contribution in [3.63, 3.8) is 0 Å². The molecule has 0 aromatic rings. The van der Waals surface area contributed by atoms with Gasteiger partial charge in [0.25, 0.3) is 0 Å². The summed E-state index contributed by atoms with van der Waals surface area (Å²) in [4.78, 5) is 50.1. The van der Waals surface area contributed by atoms with Crippen molar-refractivity contribution < 1.29 is 33.4 Å². The van der Waals surface area contributed by atoms with Crippen molar-refractivity contribution in [1.29, 1.82) is 0 Å². The van der Waals surface area contributed by atoms with E-state index < -0.39 is 41.2 Å². The highest BCUT2D eigenvalue weighted by molar-refractivity contribution is 6.14. The summed E-state index contributed by atoms with van der Waals surface area (Å²) < 4.78 is 15.1. The number of hydrogen-bond donors (Lipinski definition) is 1. The largest absolute Gasteiger partial charge is 0.465 e. The molecule has 1 amide bonds. The average Bonchev–Trinajstić information content (AvgIpc) is 2.81. The fourth-order valence-electron chi connectivity index (χ4n) is 3.10. The minimum Gasteiger partial charge on any atom is -0.465 e. The normalized spacial score (nSPS) is 21.6. The number of carbonyl (C=O) groups excluding carboxylic acids is 4. The first-order valence-corrected chi connectivity index (χ1v) is 8.59. The van der Waals surface area contributed by atoms with Crippen LogP contribution in [0.5, 0.6) is 0 Å². The molecular weight excluding hydrogens is 330 g/mol. The lowest BCUT2D eigenvalue weighted by molar-refractivity contribution is -0.169. The summed E-state index contributed by atoms with van der Waals surface area (Å²) in [5.74, 6) is -5.53. The van der Waals surface area contributed by atoms with Crippen molar-refractivity contribution in [1.82, 2.24) is 5.32 Å². The van der Waals surface area contributed by atoms with Gasteiger partial charge in [-0.2, -0.15) is 0 Å². The highest BCUT2D eigenvalue weighted by Crippen LogP contribution is 2.40. The number of nitrogens with one attached hydrogen (secondary N) is 1. The minimum atomic E-state index is -2.04. The molecule has 1 aliphatic heterocycles. The lowest BCUT2D eigenvalue weighted by atomic mass is 9.75. The third kappa shape index (κ3) is 4.11. The summed E-state index contributed by atoms with van der Waals surface area (Å²) >= 11 is 0. The zero-order valence-corrected chi connectivity index (χ0v) is 15.4. The van der Waals surface area contributed by atoms with Crippen LogP contribution in [0, 0.1) is 17.8 Å². The van der Waals surface area contributed by atoms with E-state index in [1.165, 1.54) is 0 Å². The zero-order valence-electron chi connectivity index (χ0n) is 15.4. The van der Waals surface area contributed by atoms with Gasteiger partial charge in [0.15, 0.2) is 0 Å². The molecule has 25 heavy (non-hydrogen) atoms. The molecule has 1 rings (SSSR count). The van der Waals surface area contributed by atoms with Crippen molar-refractivity contribution in [2.75, 3.05) is 19.8 Å². The molecule has 0 spiro atoms. The Labute approximate surface area is 147 Å². The van der Waals surface area contributed by atoms with Crippen LogP contribution in [0.25, 0.3) is 0 Å². The van der Waals surface area contributed by atoms with Crippen LogP contribution in [-0.2, 0) is 33.4 Å². The van der Waals surface area contributed by atoms with Gasteiger partial charge in [0.1, 0.15) is 5.92 Å². The fraction of sp³-hybridized carbons (Fsp3) is 0.765. The Morgan fingerprint density at radius 2 is 1.48 bits per heavy atom. The van der Waals surface area contributed by atoms with Gasteiger partial charge < -0.3 is 19.5 Å². The predicted octanol–water partition coefficient (Wildman–Crippen LogP) is 0.823. The maximum Gasteiger partial charge on any atom is 0.344 e. The van der Waals surface area contributed by atoms with Crippen LogP contribution in [-0.4, -0.2) is 49.2 Å². The van der Waals surface area contributed by atoms with Gasteiger partial charge in [-0.15, -0.1) is 0 Å². The molecule has 0 bridgehead atoms. The Bertz CT molecular complexity index is 511. The second-order valence-electron chi connectivity index (χ2n) is 6.20. The smallest absolute Gasteiger partial charge is 0.344 e. The Balaban J connectivity index is 3.44. The van der Waals surface area contributed by atoms with E-state index in [2.05, 4.69) is 5.32 Å². The quantitative estimate of drug-likeness (QED) is 0.389. The molecule has 0 aromatic carbocycles. The highest BCUT2D eigenvalue weighted by Gasteiger charge is 2.66.